The summed E-state index contributed by atoms with van der Waals surface area (Å²) in [5.41, 5.74) is 1.38. The summed E-state index contributed by atoms with van der Waals surface area (Å²) in [5, 5.41) is 16.6. The lowest BCUT2D eigenvalue weighted by atomic mass is 9.91. The van der Waals surface area contributed by atoms with E-state index in [0.717, 1.165) is 30.9 Å². The lowest BCUT2D eigenvalue weighted by Gasteiger charge is -2.37. The van der Waals surface area contributed by atoms with Gasteiger partial charge in [0, 0.05) is 20.1 Å². The molecule has 2 fully saturated rings. The maximum absolute atomic E-state index is 11.8. The second kappa shape index (κ2) is 4.26. The number of nitrogens with one attached hydrogen (secondary N) is 1. The summed E-state index contributed by atoms with van der Waals surface area (Å²) >= 11 is 0. The molecule has 19 heavy (non-hydrogen) atoms. The van der Waals surface area contributed by atoms with Crippen molar-refractivity contribution < 1.29 is 4.79 Å². The lowest BCUT2D eigenvalue weighted by molar-refractivity contribution is -0.123. The number of hydrogen-bond donors (Lipinski definition) is 1. The van der Waals surface area contributed by atoms with Crippen molar-refractivity contribution >= 4 is 11.7 Å². The first-order chi connectivity index (χ1) is 9.13. The Morgan fingerprint density at radius 1 is 1.53 bits per heavy atom. The van der Waals surface area contributed by atoms with Gasteiger partial charge < -0.3 is 10.2 Å². The van der Waals surface area contributed by atoms with Crippen LogP contribution in [0.4, 0.5) is 5.82 Å². The van der Waals surface area contributed by atoms with Crippen molar-refractivity contribution in [3.05, 3.63) is 11.3 Å². The molecule has 0 spiro atoms. The quantitative estimate of drug-likeness (QED) is 0.788. The predicted octanol–water partition coefficient (Wildman–Crippen LogP) is 0.315. The molecule has 0 bridgehead atoms. The Hall–Kier alpha value is -2.03. The molecule has 2 aliphatic rings. The number of piperidine rings is 1. The average Bonchev–Trinajstić information content (AvgIpc) is 2.90. The van der Waals surface area contributed by atoms with Crippen LogP contribution in [0.15, 0.2) is 0 Å². The van der Waals surface area contributed by atoms with Gasteiger partial charge in [-0.15, -0.1) is 0 Å². The van der Waals surface area contributed by atoms with Crippen molar-refractivity contribution in [2.75, 3.05) is 18.0 Å². The smallest absolute Gasteiger partial charge is 0.225 e. The van der Waals surface area contributed by atoms with Gasteiger partial charge in [0.1, 0.15) is 17.5 Å². The molecule has 100 valence electrons. The van der Waals surface area contributed by atoms with E-state index in [0.29, 0.717) is 12.1 Å². The number of anilines is 1. The van der Waals surface area contributed by atoms with Crippen LogP contribution in [0, 0.1) is 24.2 Å². The van der Waals surface area contributed by atoms with Crippen LogP contribution in [-0.4, -0.2) is 34.8 Å². The second-order valence-electron chi connectivity index (χ2n) is 5.27. The number of carbonyl (C=O) groups is 1. The number of aromatic nitrogens is 2. The number of amides is 1. The standard InChI is InChI=1S/C13H17N5O/c1-8-10(6-14)13(17(2)16-8)18-5-3-4-9-11(18)7-15-12(9)19/h9,11H,3-5,7H2,1-2H3,(H,15,19). The molecule has 1 aromatic heterocycles. The van der Waals surface area contributed by atoms with E-state index in [9.17, 15) is 10.1 Å². The number of rotatable bonds is 1. The first-order valence-corrected chi connectivity index (χ1v) is 6.61. The first kappa shape index (κ1) is 12.0. The van der Waals surface area contributed by atoms with Crippen LogP contribution in [0.25, 0.3) is 0 Å². The Kier molecular flexibility index (Phi) is 2.70. The third-order valence-corrected chi connectivity index (χ3v) is 4.18. The fourth-order valence-electron chi connectivity index (χ4n) is 3.32. The number of fused-ring (bicyclic) bond motifs is 1. The van der Waals surface area contributed by atoms with Gasteiger partial charge >= 0.3 is 0 Å². The predicted molar refractivity (Wildman–Crippen MR) is 69.5 cm³/mol. The SMILES string of the molecule is Cc1nn(C)c(N2CCCC3C(=O)NCC32)c1C#N. The van der Waals surface area contributed by atoms with Crippen molar-refractivity contribution in [1.29, 1.82) is 5.26 Å². The van der Waals surface area contributed by atoms with Gasteiger partial charge in [-0.3, -0.25) is 9.48 Å². The number of aryl methyl sites for hydroxylation is 2. The number of nitriles is 1. The summed E-state index contributed by atoms with van der Waals surface area (Å²) in [6.45, 7) is 3.39. The molecule has 0 radical (unpaired) electrons. The zero-order chi connectivity index (χ0) is 13.6. The van der Waals surface area contributed by atoms with Gasteiger partial charge in [0.25, 0.3) is 0 Å². The lowest BCUT2D eigenvalue weighted by Crippen LogP contribution is -2.46. The molecule has 6 heteroatoms. The monoisotopic (exact) mass is 259 g/mol. The highest BCUT2D eigenvalue weighted by molar-refractivity contribution is 5.83. The molecular weight excluding hydrogens is 242 g/mol. The van der Waals surface area contributed by atoms with Crippen molar-refractivity contribution in [3.63, 3.8) is 0 Å². The molecule has 1 amide bonds. The first-order valence-electron chi connectivity index (χ1n) is 6.61. The number of hydrogen-bond acceptors (Lipinski definition) is 4. The normalized spacial score (nSPS) is 25.9. The fraction of sp³-hybridized carbons (Fsp3) is 0.615. The Bertz CT molecular complexity index is 570. The average molecular weight is 259 g/mol. The van der Waals surface area contributed by atoms with Crippen molar-refractivity contribution in [2.45, 2.75) is 25.8 Å². The van der Waals surface area contributed by atoms with E-state index >= 15 is 0 Å². The largest absolute Gasteiger partial charge is 0.354 e. The molecule has 3 rings (SSSR count). The minimum Gasteiger partial charge on any atom is -0.354 e. The van der Waals surface area contributed by atoms with E-state index in [-0.39, 0.29) is 17.9 Å². The molecule has 2 saturated heterocycles. The third-order valence-electron chi connectivity index (χ3n) is 4.18. The number of carbonyl (C=O) groups excluding carboxylic acids is 1. The van der Waals surface area contributed by atoms with Crippen LogP contribution in [0.3, 0.4) is 0 Å². The summed E-state index contributed by atoms with van der Waals surface area (Å²) < 4.78 is 1.76. The van der Waals surface area contributed by atoms with Crippen LogP contribution in [0.1, 0.15) is 24.1 Å². The molecule has 3 heterocycles. The highest BCUT2D eigenvalue weighted by atomic mass is 16.2. The van der Waals surface area contributed by atoms with E-state index in [2.05, 4.69) is 21.4 Å². The molecule has 0 aromatic carbocycles. The van der Waals surface area contributed by atoms with E-state index in [1.165, 1.54) is 0 Å². The summed E-state index contributed by atoms with van der Waals surface area (Å²) in [7, 11) is 1.86. The summed E-state index contributed by atoms with van der Waals surface area (Å²) in [4.78, 5) is 14.0. The Labute approximate surface area is 112 Å². The van der Waals surface area contributed by atoms with Crippen molar-refractivity contribution in [3.8, 4) is 6.07 Å². The maximum atomic E-state index is 11.8. The fourth-order valence-corrected chi connectivity index (χ4v) is 3.32. The summed E-state index contributed by atoms with van der Waals surface area (Å²) in [6.07, 6.45) is 1.91. The molecule has 2 aliphatic heterocycles. The summed E-state index contributed by atoms with van der Waals surface area (Å²) in [6, 6.07) is 2.40. The molecule has 0 aliphatic carbocycles. The minimum absolute atomic E-state index is 0.0514. The van der Waals surface area contributed by atoms with E-state index in [1.807, 2.05) is 14.0 Å². The molecule has 1 aromatic rings. The highest BCUT2D eigenvalue weighted by Crippen LogP contribution is 2.33. The van der Waals surface area contributed by atoms with Crippen LogP contribution >= 0.6 is 0 Å². The second-order valence-corrected chi connectivity index (χ2v) is 5.27. The van der Waals surface area contributed by atoms with Crippen LogP contribution < -0.4 is 10.2 Å². The van der Waals surface area contributed by atoms with E-state index in [4.69, 9.17) is 0 Å². The maximum Gasteiger partial charge on any atom is 0.225 e. The van der Waals surface area contributed by atoms with Gasteiger partial charge in [-0.1, -0.05) is 0 Å². The molecule has 1 N–H and O–H groups in total. The third kappa shape index (κ3) is 1.69. The van der Waals surface area contributed by atoms with E-state index < -0.39 is 0 Å². The zero-order valence-electron chi connectivity index (χ0n) is 11.2. The Morgan fingerprint density at radius 2 is 2.32 bits per heavy atom. The molecule has 6 nitrogen and oxygen atoms in total. The molecule has 0 saturated carbocycles. The van der Waals surface area contributed by atoms with Gasteiger partial charge in [0.15, 0.2) is 0 Å². The van der Waals surface area contributed by atoms with E-state index in [1.54, 1.807) is 4.68 Å². The van der Waals surface area contributed by atoms with Gasteiger partial charge in [0.2, 0.25) is 5.91 Å². The zero-order valence-corrected chi connectivity index (χ0v) is 11.2. The van der Waals surface area contributed by atoms with Gasteiger partial charge in [0.05, 0.1) is 17.7 Å². The summed E-state index contributed by atoms with van der Waals surface area (Å²) in [5.74, 6) is 1.05. The number of nitrogens with zero attached hydrogens (tertiary/aromatic N) is 4. The highest BCUT2D eigenvalue weighted by Gasteiger charge is 2.42. The topological polar surface area (TPSA) is 74.0 Å². The Morgan fingerprint density at radius 3 is 3.05 bits per heavy atom. The van der Waals surface area contributed by atoms with Crippen LogP contribution in [0.2, 0.25) is 0 Å². The van der Waals surface area contributed by atoms with Crippen molar-refractivity contribution in [2.24, 2.45) is 13.0 Å². The van der Waals surface area contributed by atoms with Gasteiger partial charge in [-0.25, -0.2) is 0 Å². The van der Waals surface area contributed by atoms with Crippen LogP contribution in [-0.2, 0) is 11.8 Å². The van der Waals surface area contributed by atoms with Crippen molar-refractivity contribution in [1.82, 2.24) is 15.1 Å². The Balaban J connectivity index is 2.03. The van der Waals surface area contributed by atoms with Gasteiger partial charge in [-0.2, -0.15) is 10.4 Å². The molecule has 2 atom stereocenters. The van der Waals surface area contributed by atoms with Crippen LogP contribution in [0.5, 0.6) is 0 Å². The molecular formula is C13H17N5O. The van der Waals surface area contributed by atoms with Gasteiger partial charge in [-0.05, 0) is 19.8 Å². The molecule has 2 unspecified atom stereocenters. The minimum atomic E-state index is 0.0514.